The number of benzene rings is 2. The second-order valence-corrected chi connectivity index (χ2v) is 4.85. The number of halogens is 1. The Bertz CT molecular complexity index is 596. The Labute approximate surface area is 117 Å². The lowest BCUT2D eigenvalue weighted by molar-refractivity contribution is 1.43. The van der Waals surface area contributed by atoms with E-state index < -0.39 is 0 Å². The molecule has 0 saturated carbocycles. The molecule has 0 heterocycles. The fourth-order valence-corrected chi connectivity index (χ4v) is 2.18. The monoisotopic (exact) mass is 276 g/mol. The van der Waals surface area contributed by atoms with Crippen LogP contribution in [0.2, 0.25) is 5.02 Å². The molecule has 0 spiro atoms. The van der Waals surface area contributed by atoms with Crippen LogP contribution < -0.4 is 11.1 Å². The summed E-state index contributed by atoms with van der Waals surface area (Å²) in [4.78, 5) is 0.308. The molecule has 92 valence electrons. The van der Waals surface area contributed by atoms with Crippen LogP contribution in [0.5, 0.6) is 0 Å². The van der Waals surface area contributed by atoms with E-state index in [9.17, 15) is 0 Å². The number of anilines is 2. The van der Waals surface area contributed by atoms with Gasteiger partial charge in [-0.1, -0.05) is 42.0 Å². The van der Waals surface area contributed by atoms with Crippen molar-refractivity contribution in [3.05, 3.63) is 58.6 Å². The van der Waals surface area contributed by atoms with Crippen LogP contribution in [0.15, 0.2) is 42.5 Å². The Balaban J connectivity index is 2.29. The third-order valence-corrected chi connectivity index (χ3v) is 3.19. The van der Waals surface area contributed by atoms with Crippen molar-refractivity contribution < 1.29 is 0 Å². The number of rotatable bonds is 3. The summed E-state index contributed by atoms with van der Waals surface area (Å²) < 4.78 is 0. The predicted molar refractivity (Wildman–Crippen MR) is 81.8 cm³/mol. The molecule has 0 fully saturated rings. The van der Waals surface area contributed by atoms with Crippen molar-refractivity contribution in [1.29, 1.82) is 0 Å². The SMILES string of the molecule is Cc1ccccc1Nc1ccc(C(N)=S)c(Cl)c1. The number of aryl methyl sites for hydroxylation is 1. The zero-order chi connectivity index (χ0) is 13.1. The third-order valence-electron chi connectivity index (χ3n) is 2.66. The van der Waals surface area contributed by atoms with Gasteiger partial charge in [-0.2, -0.15) is 0 Å². The van der Waals surface area contributed by atoms with E-state index in [1.54, 1.807) is 0 Å². The average molecular weight is 277 g/mol. The number of hydrogen-bond donors (Lipinski definition) is 2. The maximum atomic E-state index is 6.12. The Morgan fingerprint density at radius 1 is 1.22 bits per heavy atom. The standard InChI is InChI=1S/C14H13ClN2S/c1-9-4-2-3-5-13(9)17-10-6-7-11(14(16)18)12(15)8-10/h2-8,17H,1H3,(H2,16,18). The minimum absolute atomic E-state index is 0.308. The Morgan fingerprint density at radius 3 is 2.56 bits per heavy atom. The van der Waals surface area contributed by atoms with E-state index in [1.165, 1.54) is 5.56 Å². The highest BCUT2D eigenvalue weighted by Crippen LogP contribution is 2.25. The normalized spacial score (nSPS) is 10.1. The molecule has 0 aliphatic rings. The fourth-order valence-electron chi connectivity index (χ4n) is 1.66. The summed E-state index contributed by atoms with van der Waals surface area (Å²) in [6.45, 7) is 2.05. The van der Waals surface area contributed by atoms with E-state index in [1.807, 2.05) is 49.4 Å². The van der Waals surface area contributed by atoms with Crippen molar-refractivity contribution in [2.24, 2.45) is 5.73 Å². The van der Waals surface area contributed by atoms with Gasteiger partial charge < -0.3 is 11.1 Å². The molecule has 3 N–H and O–H groups in total. The lowest BCUT2D eigenvalue weighted by atomic mass is 10.1. The first-order valence-corrected chi connectivity index (χ1v) is 6.28. The van der Waals surface area contributed by atoms with Crippen LogP contribution in [0.25, 0.3) is 0 Å². The maximum Gasteiger partial charge on any atom is 0.105 e. The van der Waals surface area contributed by atoms with Crippen molar-refractivity contribution in [1.82, 2.24) is 0 Å². The molecule has 0 amide bonds. The van der Waals surface area contributed by atoms with E-state index in [-0.39, 0.29) is 0 Å². The lowest BCUT2D eigenvalue weighted by Gasteiger charge is -2.11. The molecule has 0 aliphatic heterocycles. The summed E-state index contributed by atoms with van der Waals surface area (Å²) in [7, 11) is 0. The second-order valence-electron chi connectivity index (χ2n) is 4.00. The van der Waals surface area contributed by atoms with Crippen molar-refractivity contribution in [2.75, 3.05) is 5.32 Å². The van der Waals surface area contributed by atoms with Crippen LogP contribution >= 0.6 is 23.8 Å². The quantitative estimate of drug-likeness (QED) is 0.832. The molecule has 0 aromatic heterocycles. The first kappa shape index (κ1) is 12.9. The number of hydrogen-bond acceptors (Lipinski definition) is 2. The summed E-state index contributed by atoms with van der Waals surface area (Å²) in [5.74, 6) is 0. The molecule has 18 heavy (non-hydrogen) atoms. The maximum absolute atomic E-state index is 6.12. The minimum Gasteiger partial charge on any atom is -0.389 e. The Morgan fingerprint density at radius 2 is 1.94 bits per heavy atom. The van der Waals surface area contributed by atoms with E-state index in [2.05, 4.69) is 5.32 Å². The molecule has 2 nitrogen and oxygen atoms in total. The molecule has 0 saturated heterocycles. The van der Waals surface area contributed by atoms with Gasteiger partial charge in [0.05, 0.1) is 5.02 Å². The Hall–Kier alpha value is -1.58. The highest BCUT2D eigenvalue weighted by Gasteiger charge is 2.05. The smallest absolute Gasteiger partial charge is 0.105 e. The third kappa shape index (κ3) is 2.81. The van der Waals surface area contributed by atoms with Gasteiger partial charge in [-0.3, -0.25) is 0 Å². The number of nitrogens with two attached hydrogens (primary N) is 1. The van der Waals surface area contributed by atoms with Crippen molar-refractivity contribution in [2.45, 2.75) is 6.92 Å². The molecule has 0 radical (unpaired) electrons. The highest BCUT2D eigenvalue weighted by molar-refractivity contribution is 7.80. The molecule has 0 atom stereocenters. The van der Waals surface area contributed by atoms with Crippen LogP contribution in [0.3, 0.4) is 0 Å². The van der Waals surface area contributed by atoms with Gasteiger partial charge in [-0.25, -0.2) is 0 Å². The van der Waals surface area contributed by atoms with Gasteiger partial charge in [-0.05, 0) is 36.8 Å². The lowest BCUT2D eigenvalue weighted by Crippen LogP contribution is -2.10. The van der Waals surface area contributed by atoms with Crippen LogP contribution in [-0.2, 0) is 0 Å². The van der Waals surface area contributed by atoms with E-state index in [0.717, 1.165) is 11.4 Å². The predicted octanol–water partition coefficient (Wildman–Crippen LogP) is 4.03. The summed E-state index contributed by atoms with van der Waals surface area (Å²) in [5.41, 5.74) is 9.40. The summed E-state index contributed by atoms with van der Waals surface area (Å²) in [6, 6.07) is 13.6. The molecular formula is C14H13ClN2S. The zero-order valence-corrected chi connectivity index (χ0v) is 11.5. The highest BCUT2D eigenvalue weighted by atomic mass is 35.5. The first-order chi connectivity index (χ1) is 8.58. The molecule has 0 aliphatic carbocycles. The van der Waals surface area contributed by atoms with Crippen LogP contribution in [-0.4, -0.2) is 4.99 Å². The van der Waals surface area contributed by atoms with Crippen molar-refractivity contribution in [3.8, 4) is 0 Å². The molecular weight excluding hydrogens is 264 g/mol. The van der Waals surface area contributed by atoms with Crippen molar-refractivity contribution in [3.63, 3.8) is 0 Å². The molecule has 4 heteroatoms. The molecule has 2 aromatic rings. The second kappa shape index (κ2) is 5.38. The zero-order valence-electron chi connectivity index (χ0n) is 9.91. The van der Waals surface area contributed by atoms with Gasteiger partial charge in [0.1, 0.15) is 4.99 Å². The fraction of sp³-hybridized carbons (Fsp3) is 0.0714. The van der Waals surface area contributed by atoms with Gasteiger partial charge in [0.2, 0.25) is 0 Å². The molecule has 0 bridgehead atoms. The minimum atomic E-state index is 0.308. The first-order valence-electron chi connectivity index (χ1n) is 5.50. The van der Waals surface area contributed by atoms with Gasteiger partial charge in [-0.15, -0.1) is 0 Å². The van der Waals surface area contributed by atoms with E-state index >= 15 is 0 Å². The largest absolute Gasteiger partial charge is 0.389 e. The van der Waals surface area contributed by atoms with Gasteiger partial charge in [0.25, 0.3) is 0 Å². The van der Waals surface area contributed by atoms with Crippen LogP contribution in [0.1, 0.15) is 11.1 Å². The number of para-hydroxylation sites is 1. The van der Waals surface area contributed by atoms with Gasteiger partial charge in [0.15, 0.2) is 0 Å². The molecule has 2 aromatic carbocycles. The Kier molecular flexibility index (Phi) is 3.84. The van der Waals surface area contributed by atoms with Crippen molar-refractivity contribution >= 4 is 40.2 Å². The molecule has 2 rings (SSSR count). The number of thiocarbonyl (C=S) groups is 1. The van der Waals surface area contributed by atoms with Gasteiger partial charge >= 0.3 is 0 Å². The summed E-state index contributed by atoms with van der Waals surface area (Å²) >= 11 is 11.0. The topological polar surface area (TPSA) is 38.0 Å². The summed E-state index contributed by atoms with van der Waals surface area (Å²) in [5, 5.41) is 3.87. The van der Waals surface area contributed by atoms with Crippen LogP contribution in [0, 0.1) is 6.92 Å². The number of nitrogens with one attached hydrogen (secondary N) is 1. The summed E-state index contributed by atoms with van der Waals surface area (Å²) in [6.07, 6.45) is 0. The van der Waals surface area contributed by atoms with Crippen LogP contribution in [0.4, 0.5) is 11.4 Å². The average Bonchev–Trinajstić information content (AvgIpc) is 2.32. The van der Waals surface area contributed by atoms with Gasteiger partial charge in [0, 0.05) is 16.9 Å². The van der Waals surface area contributed by atoms with E-state index in [4.69, 9.17) is 29.6 Å². The molecule has 0 unspecified atom stereocenters. The van der Waals surface area contributed by atoms with E-state index in [0.29, 0.717) is 15.6 Å².